The van der Waals surface area contributed by atoms with Gasteiger partial charge in [-0.1, -0.05) is 99.5 Å². The Morgan fingerprint density at radius 3 is 2.19 bits per heavy atom. The van der Waals surface area contributed by atoms with Crippen molar-refractivity contribution in [2.45, 2.75) is 52.0 Å². The molecule has 0 fully saturated rings. The molecule has 4 aromatic rings. The Hall–Kier alpha value is -5.39. The average Bonchev–Trinajstić information content (AvgIpc) is 3.08. The summed E-state index contributed by atoms with van der Waals surface area (Å²) in [6, 6.07) is 30.0. The number of quaternary nitrogens is 1. The van der Waals surface area contributed by atoms with Gasteiger partial charge in [-0.2, -0.15) is 4.79 Å². The largest absolute Gasteiger partial charge is 0.526 e. The van der Waals surface area contributed by atoms with E-state index in [0.717, 1.165) is 22.3 Å². The van der Waals surface area contributed by atoms with Crippen molar-refractivity contribution in [2.75, 3.05) is 19.7 Å². The number of carboxylic acid groups (broad SMARTS) is 1. The molecule has 0 spiro atoms. The van der Waals surface area contributed by atoms with Crippen molar-refractivity contribution >= 4 is 18.1 Å². The van der Waals surface area contributed by atoms with Gasteiger partial charge in [0, 0.05) is 18.5 Å². The highest BCUT2D eigenvalue weighted by atomic mass is 16.6. The first kappa shape index (κ1) is 34.0. The molecule has 5 rings (SSSR count). The third kappa shape index (κ3) is 7.76. The van der Waals surface area contributed by atoms with Crippen LogP contribution >= 0.6 is 0 Å². The summed E-state index contributed by atoms with van der Waals surface area (Å²) >= 11 is 0. The quantitative estimate of drug-likeness (QED) is 0.149. The summed E-state index contributed by atoms with van der Waals surface area (Å²) in [6.07, 6.45) is -0.314. The van der Waals surface area contributed by atoms with Crippen molar-refractivity contribution in [1.82, 2.24) is 5.32 Å². The molecule has 0 radical (unpaired) electrons. The van der Waals surface area contributed by atoms with E-state index in [2.05, 4.69) is 37.9 Å². The summed E-state index contributed by atoms with van der Waals surface area (Å²) in [6.45, 7) is 7.89. The lowest BCUT2D eigenvalue weighted by Gasteiger charge is -2.35. The van der Waals surface area contributed by atoms with Crippen LogP contribution in [0.5, 0.6) is 11.5 Å². The van der Waals surface area contributed by atoms with E-state index in [1.807, 2.05) is 84.9 Å². The number of carbonyl (C=O) groups is 3. The van der Waals surface area contributed by atoms with Crippen molar-refractivity contribution in [2.24, 2.45) is 0 Å². The summed E-state index contributed by atoms with van der Waals surface area (Å²) in [4.78, 5) is 40.0. The molecular weight excluding hydrogens is 604 g/mol. The third-order valence-corrected chi connectivity index (χ3v) is 8.70. The number of hydrogen-bond donors (Lipinski definition) is 2. The van der Waals surface area contributed by atoms with Crippen LogP contribution in [-0.2, 0) is 27.9 Å². The third-order valence-electron chi connectivity index (χ3n) is 8.70. The predicted octanol–water partition coefficient (Wildman–Crippen LogP) is 8.05. The Morgan fingerprint density at radius 2 is 1.54 bits per heavy atom. The van der Waals surface area contributed by atoms with Gasteiger partial charge in [-0.05, 0) is 64.4 Å². The molecule has 8 nitrogen and oxygen atoms in total. The maximum atomic E-state index is 14.0. The van der Waals surface area contributed by atoms with Crippen LogP contribution in [0.3, 0.4) is 0 Å². The number of carbonyl (C=O) groups excluding carboxylic acids is 2. The Labute approximate surface area is 281 Å². The molecule has 0 bridgehead atoms. The highest BCUT2D eigenvalue weighted by Gasteiger charge is 2.49. The van der Waals surface area contributed by atoms with E-state index in [-0.39, 0.29) is 31.7 Å². The predicted molar refractivity (Wildman–Crippen MR) is 185 cm³/mol. The van der Waals surface area contributed by atoms with Gasteiger partial charge in [-0.25, -0.2) is 4.79 Å². The van der Waals surface area contributed by atoms with E-state index in [1.54, 1.807) is 19.1 Å². The molecule has 1 aliphatic rings. The second-order valence-corrected chi connectivity index (χ2v) is 13.0. The van der Waals surface area contributed by atoms with E-state index in [1.165, 1.54) is 5.56 Å². The molecule has 48 heavy (non-hydrogen) atoms. The van der Waals surface area contributed by atoms with Crippen LogP contribution in [0.15, 0.2) is 97.1 Å². The number of fused-ring (bicyclic) bond motifs is 1. The van der Waals surface area contributed by atoms with Crippen LogP contribution < -0.4 is 10.1 Å². The van der Waals surface area contributed by atoms with Gasteiger partial charge in [0.1, 0.15) is 24.6 Å². The molecule has 1 aliphatic heterocycles. The van der Waals surface area contributed by atoms with E-state index in [0.29, 0.717) is 23.5 Å². The van der Waals surface area contributed by atoms with Crippen LogP contribution in [-0.4, -0.2) is 47.4 Å². The smallest absolute Gasteiger partial charge is 0.481 e. The fourth-order valence-corrected chi connectivity index (χ4v) is 5.83. The number of nitrogens with one attached hydrogen (secondary N) is 1. The number of benzene rings is 4. The van der Waals surface area contributed by atoms with E-state index in [9.17, 15) is 19.5 Å². The molecule has 0 saturated carbocycles. The summed E-state index contributed by atoms with van der Waals surface area (Å²) in [5, 5.41) is 12.9. The lowest BCUT2D eigenvalue weighted by molar-refractivity contribution is -0.793. The molecule has 2 N–H and O–H groups in total. The van der Waals surface area contributed by atoms with E-state index in [4.69, 9.17) is 9.47 Å². The van der Waals surface area contributed by atoms with Gasteiger partial charge >= 0.3 is 18.1 Å². The van der Waals surface area contributed by atoms with Crippen molar-refractivity contribution in [3.05, 3.63) is 119 Å². The fourth-order valence-electron chi connectivity index (χ4n) is 5.83. The standard InChI is InChI=1S/C40H40N2O6/c1-5-6-24-47-39(46)42(38(45)41-26-36(37(43)44)31-14-12-29(13-15-31)28-10-8-7-9-11-28)23-22-30-16-19-35(25-32(30)27-42)48-34-20-17-33(18-21-34)40(2,3)4/h7-21,25,36H,22-24,26-27H2,1-4H3,(H-,41,43,44,45)/p+1. The fraction of sp³-hybridized carbons (Fsp3) is 0.275. The van der Waals surface area contributed by atoms with Crippen molar-refractivity contribution in [3.63, 3.8) is 0 Å². The molecule has 4 aromatic carbocycles. The topological polar surface area (TPSA) is 102 Å². The number of hydrogen-bond acceptors (Lipinski definition) is 5. The van der Waals surface area contributed by atoms with Gasteiger partial charge in [0.25, 0.3) is 0 Å². The Balaban J connectivity index is 1.36. The first-order valence-corrected chi connectivity index (χ1v) is 16.0. The number of aliphatic carboxylic acids is 1. The number of nitrogens with zero attached hydrogens (tertiary/aromatic N) is 1. The van der Waals surface area contributed by atoms with Crippen LogP contribution in [0.25, 0.3) is 11.1 Å². The molecule has 0 aliphatic carbocycles. The summed E-state index contributed by atoms with van der Waals surface area (Å²) < 4.78 is 11.0. The minimum absolute atomic E-state index is 0.0148. The summed E-state index contributed by atoms with van der Waals surface area (Å²) in [5.74, 6) is 4.54. The number of amides is 3. The van der Waals surface area contributed by atoms with Crippen LogP contribution in [0.1, 0.15) is 55.9 Å². The van der Waals surface area contributed by atoms with Gasteiger partial charge in [0.2, 0.25) is 0 Å². The SMILES string of the molecule is CC#CCOC(=O)[N+]1(C(=O)NCC(C(=O)O)c2ccc(-c3ccccc3)cc2)CCc2ccc(Oc3ccc(C(C)(C)C)cc3)cc2C1. The average molecular weight is 646 g/mol. The first-order valence-electron chi connectivity index (χ1n) is 16.0. The van der Waals surface area contributed by atoms with E-state index < -0.39 is 28.5 Å². The summed E-state index contributed by atoms with van der Waals surface area (Å²) in [7, 11) is 0. The van der Waals surface area contributed by atoms with Gasteiger partial charge < -0.3 is 19.9 Å². The molecule has 8 heteroatoms. The minimum Gasteiger partial charge on any atom is -0.481 e. The molecule has 2 atom stereocenters. The second-order valence-electron chi connectivity index (χ2n) is 13.0. The van der Waals surface area contributed by atoms with Crippen molar-refractivity contribution < 1.29 is 33.4 Å². The Bertz CT molecular complexity index is 1830. The number of ether oxygens (including phenoxy) is 2. The monoisotopic (exact) mass is 645 g/mol. The number of carboxylic acids is 1. The molecule has 246 valence electrons. The zero-order valence-electron chi connectivity index (χ0n) is 27.8. The molecule has 0 saturated heterocycles. The number of urea groups is 1. The lowest BCUT2D eigenvalue weighted by atomic mass is 9.87. The summed E-state index contributed by atoms with van der Waals surface area (Å²) in [5.41, 5.74) is 5.47. The zero-order chi connectivity index (χ0) is 34.3. The molecule has 1 heterocycles. The van der Waals surface area contributed by atoms with E-state index >= 15 is 0 Å². The maximum absolute atomic E-state index is 14.0. The zero-order valence-corrected chi connectivity index (χ0v) is 27.8. The Morgan fingerprint density at radius 1 is 0.875 bits per heavy atom. The van der Waals surface area contributed by atoms with Crippen molar-refractivity contribution in [3.8, 4) is 34.5 Å². The minimum atomic E-state index is -1.09. The van der Waals surface area contributed by atoms with Gasteiger partial charge in [0.15, 0.2) is 6.61 Å². The second kappa shape index (κ2) is 14.6. The number of imide groups is 1. The van der Waals surface area contributed by atoms with Crippen LogP contribution in [0.2, 0.25) is 0 Å². The molecular formula is C40H41N2O6+. The Kier molecular flexibility index (Phi) is 10.3. The van der Waals surface area contributed by atoms with Gasteiger partial charge in [-0.15, -0.1) is 10.4 Å². The lowest BCUT2D eigenvalue weighted by Crippen LogP contribution is -2.63. The highest BCUT2D eigenvalue weighted by Crippen LogP contribution is 2.33. The molecule has 2 unspecified atom stereocenters. The van der Waals surface area contributed by atoms with Gasteiger partial charge in [0.05, 0.1) is 5.92 Å². The van der Waals surface area contributed by atoms with Gasteiger partial charge in [-0.3, -0.25) is 4.79 Å². The van der Waals surface area contributed by atoms with Crippen LogP contribution in [0.4, 0.5) is 9.59 Å². The highest BCUT2D eigenvalue weighted by molar-refractivity contribution is 5.82. The molecule has 3 amide bonds. The first-order chi connectivity index (χ1) is 23.0. The maximum Gasteiger partial charge on any atom is 0.526 e. The molecule has 0 aromatic heterocycles. The van der Waals surface area contributed by atoms with Crippen molar-refractivity contribution in [1.29, 1.82) is 0 Å². The normalized spacial score (nSPS) is 16.0. The number of rotatable bonds is 8. The van der Waals surface area contributed by atoms with Crippen LogP contribution in [0, 0.1) is 11.8 Å².